The van der Waals surface area contributed by atoms with E-state index in [0.717, 1.165) is 21.9 Å². The number of para-hydroxylation sites is 2. The molecule has 0 aliphatic heterocycles. The summed E-state index contributed by atoms with van der Waals surface area (Å²) in [4.78, 5) is 20.4. The summed E-state index contributed by atoms with van der Waals surface area (Å²) in [6.45, 7) is 0. The SMILES string of the molecule is O=C(Nc1cccc(O)c1)c1ccc2c(-c3nc4ccccc4[nH]3)n[nH]c2c1. The number of hydrogen-bond acceptors (Lipinski definition) is 4. The third-order valence-corrected chi connectivity index (χ3v) is 4.54. The average Bonchev–Trinajstić information content (AvgIpc) is 3.31. The summed E-state index contributed by atoms with van der Waals surface area (Å²) in [5.41, 5.74) is 4.25. The molecule has 2 heterocycles. The van der Waals surface area contributed by atoms with Crippen molar-refractivity contribution in [2.45, 2.75) is 0 Å². The zero-order valence-electron chi connectivity index (χ0n) is 14.6. The molecule has 1 amide bonds. The monoisotopic (exact) mass is 369 g/mol. The van der Waals surface area contributed by atoms with Gasteiger partial charge in [-0.2, -0.15) is 5.10 Å². The number of rotatable bonds is 3. The molecular weight excluding hydrogens is 354 g/mol. The number of carbonyl (C=O) groups excluding carboxylic acids is 1. The third-order valence-electron chi connectivity index (χ3n) is 4.54. The minimum atomic E-state index is -0.271. The maximum absolute atomic E-state index is 12.5. The van der Waals surface area contributed by atoms with E-state index in [4.69, 9.17) is 0 Å². The van der Waals surface area contributed by atoms with E-state index >= 15 is 0 Å². The molecule has 0 saturated carbocycles. The summed E-state index contributed by atoms with van der Waals surface area (Å²) in [5.74, 6) is 0.495. The number of hydrogen-bond donors (Lipinski definition) is 4. The van der Waals surface area contributed by atoms with Gasteiger partial charge in [-0.15, -0.1) is 0 Å². The zero-order chi connectivity index (χ0) is 19.1. The molecule has 0 aliphatic rings. The quantitative estimate of drug-likeness (QED) is 0.385. The van der Waals surface area contributed by atoms with E-state index in [-0.39, 0.29) is 11.7 Å². The van der Waals surface area contributed by atoms with Crippen LogP contribution in [0.15, 0.2) is 66.7 Å². The van der Waals surface area contributed by atoms with Crippen molar-refractivity contribution in [2.75, 3.05) is 5.32 Å². The molecule has 5 aromatic rings. The lowest BCUT2D eigenvalue weighted by Gasteiger charge is -2.05. The van der Waals surface area contributed by atoms with Crippen LogP contribution < -0.4 is 5.32 Å². The maximum atomic E-state index is 12.5. The van der Waals surface area contributed by atoms with Crippen LogP contribution in [0.4, 0.5) is 5.69 Å². The Labute approximate surface area is 159 Å². The zero-order valence-corrected chi connectivity index (χ0v) is 14.6. The predicted octanol–water partition coefficient (Wildman–Crippen LogP) is 4.06. The fourth-order valence-corrected chi connectivity index (χ4v) is 3.19. The first-order valence-electron chi connectivity index (χ1n) is 8.71. The van der Waals surface area contributed by atoms with Crippen LogP contribution in [0.1, 0.15) is 10.4 Å². The van der Waals surface area contributed by atoms with Crippen LogP contribution >= 0.6 is 0 Å². The molecule has 0 fully saturated rings. The van der Waals surface area contributed by atoms with Gasteiger partial charge >= 0.3 is 0 Å². The highest BCUT2D eigenvalue weighted by Gasteiger charge is 2.14. The van der Waals surface area contributed by atoms with Gasteiger partial charge in [0.15, 0.2) is 5.82 Å². The predicted molar refractivity (Wildman–Crippen MR) is 107 cm³/mol. The van der Waals surface area contributed by atoms with E-state index in [2.05, 4.69) is 25.5 Å². The van der Waals surface area contributed by atoms with Crippen LogP contribution in [0.3, 0.4) is 0 Å². The number of fused-ring (bicyclic) bond motifs is 2. The Kier molecular flexibility index (Phi) is 3.58. The number of nitrogens with zero attached hydrogens (tertiary/aromatic N) is 2. The molecule has 0 aliphatic carbocycles. The van der Waals surface area contributed by atoms with Gasteiger partial charge < -0.3 is 15.4 Å². The molecule has 0 saturated heterocycles. The second-order valence-electron chi connectivity index (χ2n) is 6.44. The first-order chi connectivity index (χ1) is 13.7. The molecule has 7 nitrogen and oxygen atoms in total. The van der Waals surface area contributed by atoms with Gasteiger partial charge in [0, 0.05) is 22.7 Å². The summed E-state index contributed by atoms with van der Waals surface area (Å²) < 4.78 is 0. The van der Waals surface area contributed by atoms with Gasteiger partial charge in [0.25, 0.3) is 5.91 Å². The number of aromatic nitrogens is 4. The number of aromatic hydroxyl groups is 1. The minimum absolute atomic E-state index is 0.0947. The van der Waals surface area contributed by atoms with Gasteiger partial charge in [0.2, 0.25) is 0 Å². The van der Waals surface area contributed by atoms with Crippen molar-refractivity contribution >= 4 is 33.5 Å². The van der Waals surface area contributed by atoms with Crippen molar-refractivity contribution in [3.63, 3.8) is 0 Å². The lowest BCUT2D eigenvalue weighted by atomic mass is 10.1. The van der Waals surface area contributed by atoms with Crippen LogP contribution in [0.2, 0.25) is 0 Å². The summed E-state index contributed by atoms with van der Waals surface area (Å²) in [7, 11) is 0. The van der Waals surface area contributed by atoms with Crippen molar-refractivity contribution in [2.24, 2.45) is 0 Å². The Balaban J connectivity index is 1.48. The fraction of sp³-hybridized carbons (Fsp3) is 0. The van der Waals surface area contributed by atoms with Gasteiger partial charge in [-0.1, -0.05) is 18.2 Å². The normalized spacial score (nSPS) is 11.1. The molecule has 136 valence electrons. The Hall–Kier alpha value is -4.13. The minimum Gasteiger partial charge on any atom is -0.508 e. The van der Waals surface area contributed by atoms with E-state index in [1.807, 2.05) is 30.3 Å². The molecule has 2 aromatic heterocycles. The van der Waals surface area contributed by atoms with Gasteiger partial charge in [-0.3, -0.25) is 9.89 Å². The van der Waals surface area contributed by atoms with E-state index < -0.39 is 0 Å². The van der Waals surface area contributed by atoms with Gasteiger partial charge in [0.05, 0.1) is 16.6 Å². The van der Waals surface area contributed by atoms with Crippen molar-refractivity contribution in [3.05, 3.63) is 72.3 Å². The van der Waals surface area contributed by atoms with Crippen molar-refractivity contribution < 1.29 is 9.90 Å². The summed E-state index contributed by atoms with van der Waals surface area (Å²) in [6, 6.07) is 19.5. The average molecular weight is 369 g/mol. The molecule has 3 aromatic carbocycles. The Morgan fingerprint density at radius 3 is 2.71 bits per heavy atom. The summed E-state index contributed by atoms with van der Waals surface area (Å²) in [6.07, 6.45) is 0. The van der Waals surface area contributed by atoms with Crippen molar-refractivity contribution in [1.82, 2.24) is 20.2 Å². The number of aromatic amines is 2. The number of carbonyl (C=O) groups is 1. The molecular formula is C21H15N5O2. The number of amides is 1. The largest absolute Gasteiger partial charge is 0.508 e. The summed E-state index contributed by atoms with van der Waals surface area (Å²) in [5, 5.41) is 20.5. The fourth-order valence-electron chi connectivity index (χ4n) is 3.19. The molecule has 4 N–H and O–H groups in total. The van der Waals surface area contributed by atoms with Crippen LogP contribution in [0.25, 0.3) is 33.5 Å². The number of benzene rings is 3. The maximum Gasteiger partial charge on any atom is 0.255 e. The molecule has 0 bridgehead atoms. The second-order valence-corrected chi connectivity index (χ2v) is 6.44. The summed E-state index contributed by atoms with van der Waals surface area (Å²) >= 11 is 0. The number of imidazole rings is 1. The van der Waals surface area contributed by atoms with E-state index in [9.17, 15) is 9.90 Å². The Bertz CT molecular complexity index is 1300. The smallest absolute Gasteiger partial charge is 0.255 e. The van der Waals surface area contributed by atoms with Gasteiger partial charge in [-0.25, -0.2) is 4.98 Å². The van der Waals surface area contributed by atoms with Crippen LogP contribution in [0, 0.1) is 0 Å². The van der Waals surface area contributed by atoms with Crippen LogP contribution in [-0.2, 0) is 0 Å². The highest BCUT2D eigenvalue weighted by atomic mass is 16.3. The molecule has 0 unspecified atom stereocenters. The van der Waals surface area contributed by atoms with E-state index in [1.54, 1.807) is 30.3 Å². The Morgan fingerprint density at radius 2 is 1.86 bits per heavy atom. The van der Waals surface area contributed by atoms with Gasteiger partial charge in [0.1, 0.15) is 11.4 Å². The lowest BCUT2D eigenvalue weighted by Crippen LogP contribution is -2.11. The standard InChI is InChI=1S/C21H15N5O2/c27-14-5-3-4-13(11-14)22-21(28)12-8-9-15-18(10-12)25-26-19(15)20-23-16-6-1-2-7-17(16)24-20/h1-11,27H,(H,22,28)(H,23,24)(H,25,26). The molecule has 0 atom stereocenters. The van der Waals surface area contributed by atoms with Crippen molar-refractivity contribution in [1.29, 1.82) is 0 Å². The van der Waals surface area contributed by atoms with Gasteiger partial charge in [-0.05, 0) is 42.5 Å². The van der Waals surface area contributed by atoms with E-state index in [0.29, 0.717) is 22.8 Å². The Morgan fingerprint density at radius 1 is 0.964 bits per heavy atom. The molecule has 28 heavy (non-hydrogen) atoms. The lowest BCUT2D eigenvalue weighted by molar-refractivity contribution is 0.102. The number of H-pyrrole nitrogens is 2. The first kappa shape index (κ1) is 16.1. The van der Waals surface area contributed by atoms with Crippen LogP contribution in [0.5, 0.6) is 5.75 Å². The number of anilines is 1. The topological polar surface area (TPSA) is 107 Å². The molecule has 0 spiro atoms. The molecule has 5 rings (SSSR count). The molecule has 0 radical (unpaired) electrons. The highest BCUT2D eigenvalue weighted by Crippen LogP contribution is 2.27. The second kappa shape index (κ2) is 6.24. The molecule has 7 heteroatoms. The number of nitrogens with one attached hydrogen (secondary N) is 3. The van der Waals surface area contributed by atoms with E-state index in [1.165, 1.54) is 6.07 Å². The number of phenols is 1. The highest BCUT2D eigenvalue weighted by molar-refractivity contribution is 6.07. The number of phenolic OH excluding ortho intramolecular Hbond substituents is 1. The van der Waals surface area contributed by atoms with Crippen LogP contribution in [-0.4, -0.2) is 31.2 Å². The van der Waals surface area contributed by atoms with Crippen molar-refractivity contribution in [3.8, 4) is 17.3 Å². The first-order valence-corrected chi connectivity index (χ1v) is 8.71. The third kappa shape index (κ3) is 2.75.